The summed E-state index contributed by atoms with van der Waals surface area (Å²) in [7, 11) is 4.05. The van der Waals surface area contributed by atoms with Gasteiger partial charge in [0, 0.05) is 30.1 Å². The van der Waals surface area contributed by atoms with Crippen LogP contribution in [0.5, 0.6) is 5.75 Å². The number of nitrogens with zero attached hydrogens (tertiary/aromatic N) is 3. The van der Waals surface area contributed by atoms with E-state index in [1.165, 1.54) is 11.3 Å². The summed E-state index contributed by atoms with van der Waals surface area (Å²) >= 11 is 1.17. The molecular weight excluding hydrogens is 534 g/mol. The lowest BCUT2D eigenvalue weighted by Crippen LogP contribution is -2.47. The minimum atomic E-state index is -1.01. The summed E-state index contributed by atoms with van der Waals surface area (Å²) < 4.78 is 6.33. The summed E-state index contributed by atoms with van der Waals surface area (Å²) in [5.74, 6) is 6.77. The van der Waals surface area contributed by atoms with E-state index in [2.05, 4.69) is 28.6 Å². The molecule has 2 aliphatic carbocycles. The number of ether oxygens (including phenoxy) is 1. The lowest BCUT2D eigenvalue weighted by Gasteiger charge is -2.39. The molecule has 8 heteroatoms. The van der Waals surface area contributed by atoms with E-state index in [9.17, 15) is 14.7 Å². The minimum Gasteiger partial charge on any atom is -0.489 e. The van der Waals surface area contributed by atoms with Crippen LogP contribution < -0.4 is 9.64 Å². The number of aromatic nitrogens is 1. The van der Waals surface area contributed by atoms with E-state index in [1.807, 2.05) is 58.1 Å². The Morgan fingerprint density at radius 3 is 2.34 bits per heavy atom. The average Bonchev–Trinajstić information content (AvgIpc) is 3.33. The van der Waals surface area contributed by atoms with Crippen LogP contribution in [0.2, 0.25) is 0 Å². The zero-order valence-electron chi connectivity index (χ0n) is 25.4. The fraction of sp³-hybridized carbons (Fsp3) is 0.606. The maximum Gasteiger partial charge on any atom is 0.348 e. The highest BCUT2D eigenvalue weighted by Gasteiger charge is 2.37. The van der Waals surface area contributed by atoms with Gasteiger partial charge in [0.25, 0.3) is 0 Å². The molecule has 1 N–H and O–H groups in total. The summed E-state index contributed by atoms with van der Waals surface area (Å²) in [5, 5.41) is 10.2. The monoisotopic (exact) mass is 579 g/mol. The third-order valence-corrected chi connectivity index (χ3v) is 8.94. The van der Waals surface area contributed by atoms with Crippen LogP contribution in [0.25, 0.3) is 0 Å². The van der Waals surface area contributed by atoms with Crippen LogP contribution in [0.1, 0.15) is 99.2 Å². The van der Waals surface area contributed by atoms with Crippen LogP contribution in [-0.4, -0.2) is 53.1 Å². The lowest BCUT2D eigenvalue weighted by atomic mass is 9.81. The van der Waals surface area contributed by atoms with Gasteiger partial charge in [0.15, 0.2) is 0 Å². The molecule has 2 fully saturated rings. The molecule has 2 heterocycles. The van der Waals surface area contributed by atoms with Crippen molar-refractivity contribution >= 4 is 28.9 Å². The summed E-state index contributed by atoms with van der Waals surface area (Å²) in [6.45, 7) is 9.13. The van der Waals surface area contributed by atoms with Crippen molar-refractivity contribution in [1.29, 1.82) is 0 Å². The highest BCUT2D eigenvalue weighted by molar-refractivity contribution is 7.15. The van der Waals surface area contributed by atoms with E-state index in [4.69, 9.17) is 4.74 Å². The van der Waals surface area contributed by atoms with Gasteiger partial charge in [0.05, 0.1) is 22.9 Å². The second-order valence-corrected chi connectivity index (χ2v) is 14.2. The SMILES string of the molecule is CN(C)Cc1cncc(O[C@H]2CC[C@H](N(c3cc(C#CC(C)(C)C)sc3C(=O)O)C(=O)[C@H]3CC[C@H](C)CC3)CC2)c1. The summed E-state index contributed by atoms with van der Waals surface area (Å²) in [6.07, 6.45) is 10.5. The molecule has 2 saturated carbocycles. The van der Waals surface area contributed by atoms with Gasteiger partial charge < -0.3 is 19.6 Å². The van der Waals surface area contributed by atoms with Gasteiger partial charge >= 0.3 is 5.97 Å². The number of carbonyl (C=O) groups excluding carboxylic acids is 1. The van der Waals surface area contributed by atoms with Gasteiger partial charge in [-0.3, -0.25) is 9.78 Å². The van der Waals surface area contributed by atoms with Crippen molar-refractivity contribution in [2.45, 2.75) is 97.8 Å². The van der Waals surface area contributed by atoms with Crippen molar-refractivity contribution in [1.82, 2.24) is 9.88 Å². The first kappa shape index (κ1) is 31.1. The second-order valence-electron chi connectivity index (χ2n) is 13.1. The second kappa shape index (κ2) is 13.4. The van der Waals surface area contributed by atoms with E-state index >= 15 is 0 Å². The van der Waals surface area contributed by atoms with Gasteiger partial charge in [0.2, 0.25) is 5.91 Å². The Hall–Kier alpha value is -2.89. The number of thiophene rings is 1. The predicted octanol–water partition coefficient (Wildman–Crippen LogP) is 6.85. The number of rotatable bonds is 8. The first-order valence-electron chi connectivity index (χ1n) is 14.9. The summed E-state index contributed by atoms with van der Waals surface area (Å²) in [5.41, 5.74) is 1.40. The van der Waals surface area contributed by atoms with E-state index < -0.39 is 5.97 Å². The van der Waals surface area contributed by atoms with Crippen LogP contribution >= 0.6 is 11.3 Å². The predicted molar refractivity (Wildman–Crippen MR) is 165 cm³/mol. The molecule has 0 aliphatic heterocycles. The zero-order chi connectivity index (χ0) is 29.7. The zero-order valence-corrected chi connectivity index (χ0v) is 26.2. The molecule has 2 aromatic heterocycles. The number of carboxylic acids is 1. The fourth-order valence-electron chi connectivity index (χ4n) is 5.82. The number of hydrogen-bond acceptors (Lipinski definition) is 6. The Balaban J connectivity index is 1.57. The molecule has 1 amide bonds. The number of amides is 1. The van der Waals surface area contributed by atoms with Crippen LogP contribution in [0.15, 0.2) is 24.5 Å². The molecule has 0 aromatic carbocycles. The Morgan fingerprint density at radius 1 is 1.05 bits per heavy atom. The minimum absolute atomic E-state index is 0.0322. The van der Waals surface area contributed by atoms with E-state index in [0.717, 1.165) is 69.2 Å². The average molecular weight is 580 g/mol. The molecule has 0 atom stereocenters. The maximum absolute atomic E-state index is 14.2. The molecule has 0 spiro atoms. The lowest BCUT2D eigenvalue weighted by molar-refractivity contribution is -0.124. The molecule has 0 radical (unpaired) electrons. The topological polar surface area (TPSA) is 83.0 Å². The highest BCUT2D eigenvalue weighted by atomic mass is 32.1. The van der Waals surface area contributed by atoms with Crippen molar-refractivity contribution in [3.05, 3.63) is 39.8 Å². The number of carboxylic acid groups (broad SMARTS) is 1. The maximum atomic E-state index is 14.2. The van der Waals surface area contributed by atoms with Crippen LogP contribution in [0, 0.1) is 29.1 Å². The van der Waals surface area contributed by atoms with Crippen molar-refractivity contribution in [2.24, 2.45) is 17.3 Å². The molecule has 0 saturated heterocycles. The van der Waals surface area contributed by atoms with Crippen LogP contribution in [-0.2, 0) is 11.3 Å². The number of hydrogen-bond donors (Lipinski definition) is 1. The van der Waals surface area contributed by atoms with Gasteiger partial charge in [0.1, 0.15) is 10.6 Å². The quantitative estimate of drug-likeness (QED) is 0.345. The van der Waals surface area contributed by atoms with Gasteiger partial charge in [-0.1, -0.05) is 18.8 Å². The highest BCUT2D eigenvalue weighted by Crippen LogP contribution is 2.39. The number of carbonyl (C=O) groups is 2. The van der Waals surface area contributed by atoms with Crippen molar-refractivity contribution < 1.29 is 19.4 Å². The third kappa shape index (κ3) is 8.56. The molecule has 4 rings (SSSR count). The third-order valence-electron chi connectivity index (χ3n) is 7.91. The van der Waals surface area contributed by atoms with E-state index in [0.29, 0.717) is 16.5 Å². The van der Waals surface area contributed by atoms with Crippen molar-refractivity contribution in [3.8, 4) is 17.6 Å². The Labute approximate surface area is 249 Å². The van der Waals surface area contributed by atoms with Crippen molar-refractivity contribution in [3.63, 3.8) is 0 Å². The molecule has 222 valence electrons. The van der Waals surface area contributed by atoms with Gasteiger partial charge in [-0.2, -0.15) is 0 Å². The first-order valence-corrected chi connectivity index (χ1v) is 15.7. The van der Waals surface area contributed by atoms with Crippen LogP contribution in [0.3, 0.4) is 0 Å². The normalized spacial score (nSPS) is 23.0. The Bertz CT molecular complexity index is 1270. The van der Waals surface area contributed by atoms with Gasteiger partial charge in [-0.25, -0.2) is 4.79 Å². The Kier molecular flexibility index (Phi) is 10.1. The molecule has 41 heavy (non-hydrogen) atoms. The van der Waals surface area contributed by atoms with Crippen molar-refractivity contribution in [2.75, 3.05) is 19.0 Å². The Morgan fingerprint density at radius 2 is 1.73 bits per heavy atom. The fourth-order valence-corrected chi connectivity index (χ4v) is 6.66. The molecule has 0 bridgehead atoms. The molecular formula is C33H45N3O4S. The van der Waals surface area contributed by atoms with Gasteiger partial charge in [-0.05, 0) is 110 Å². The number of anilines is 1. The van der Waals surface area contributed by atoms with Crippen LogP contribution in [0.4, 0.5) is 5.69 Å². The first-order chi connectivity index (χ1) is 19.4. The molecule has 2 aromatic rings. The standard InChI is InChI=1S/C33H45N3O4S/c1-22-7-9-24(10-8-22)31(37)36(29-18-28(15-16-33(2,3)4)41-30(29)32(38)39)25-11-13-26(14-12-25)40-27-17-23(19-34-20-27)21-35(5)6/h17-20,22,24-26H,7-14,21H2,1-6H3,(H,38,39)/t22-,24-,25-,26-. The number of pyridine rings is 1. The largest absolute Gasteiger partial charge is 0.489 e. The van der Waals surface area contributed by atoms with E-state index in [-0.39, 0.29) is 34.3 Å². The molecule has 2 aliphatic rings. The summed E-state index contributed by atoms with van der Waals surface area (Å²) in [6, 6.07) is 3.81. The smallest absolute Gasteiger partial charge is 0.348 e. The van der Waals surface area contributed by atoms with E-state index in [1.54, 1.807) is 6.20 Å². The van der Waals surface area contributed by atoms with Gasteiger partial charge in [-0.15, -0.1) is 11.3 Å². The number of aromatic carboxylic acids is 1. The molecule has 7 nitrogen and oxygen atoms in total. The summed E-state index contributed by atoms with van der Waals surface area (Å²) in [4.78, 5) is 35.8. The molecule has 0 unspecified atom stereocenters.